The summed E-state index contributed by atoms with van der Waals surface area (Å²) in [5.74, 6) is -1.84. The van der Waals surface area contributed by atoms with Crippen molar-refractivity contribution in [3.05, 3.63) is 35.9 Å². The van der Waals surface area contributed by atoms with E-state index in [1.807, 2.05) is 0 Å². The maximum atomic E-state index is 13.6. The fourth-order valence-corrected chi connectivity index (χ4v) is 2.59. The molecule has 0 saturated carbocycles. The van der Waals surface area contributed by atoms with Crippen LogP contribution in [0.1, 0.15) is 5.56 Å². The first-order chi connectivity index (χ1) is 13.0. The van der Waals surface area contributed by atoms with Gasteiger partial charge in [-0.1, -0.05) is 6.07 Å². The Labute approximate surface area is 158 Å². The van der Waals surface area contributed by atoms with E-state index >= 15 is 0 Å². The van der Waals surface area contributed by atoms with Crippen LogP contribution in [0.3, 0.4) is 0 Å². The van der Waals surface area contributed by atoms with Crippen molar-refractivity contribution in [2.24, 2.45) is 0 Å². The number of alkyl halides is 6. The Hall–Kier alpha value is -2.44. The molecule has 1 aromatic carbocycles. The highest BCUT2D eigenvalue weighted by molar-refractivity contribution is 8.00. The number of rotatable bonds is 7. The van der Waals surface area contributed by atoms with E-state index in [2.05, 4.69) is 24.2 Å². The molecule has 2 aromatic rings. The van der Waals surface area contributed by atoms with Gasteiger partial charge in [-0.25, -0.2) is 14.4 Å². The van der Waals surface area contributed by atoms with E-state index in [-0.39, 0.29) is 16.1 Å². The van der Waals surface area contributed by atoms with E-state index < -0.39 is 43.1 Å². The minimum absolute atomic E-state index is 0.183. The molecule has 28 heavy (non-hydrogen) atoms. The third-order valence-electron chi connectivity index (χ3n) is 3.01. The monoisotopic (exact) mass is 431 g/mol. The quantitative estimate of drug-likeness (QED) is 0.496. The van der Waals surface area contributed by atoms with Crippen molar-refractivity contribution >= 4 is 17.6 Å². The second-order valence-corrected chi connectivity index (χ2v) is 6.05. The molecule has 1 heterocycles. The lowest BCUT2D eigenvalue weighted by molar-refractivity contribution is -0.155. The van der Waals surface area contributed by atoms with E-state index in [0.29, 0.717) is 18.3 Å². The summed E-state index contributed by atoms with van der Waals surface area (Å²) in [4.78, 5) is 6.66. The smallest absolute Gasteiger partial charge is 0.422 e. The molecule has 0 aliphatic carbocycles. The molecular weight excluding hydrogens is 419 g/mol. The third-order valence-corrected chi connectivity index (χ3v) is 3.89. The van der Waals surface area contributed by atoms with Crippen molar-refractivity contribution < 1.29 is 40.2 Å². The number of halogens is 7. The maximum absolute atomic E-state index is 13.6. The van der Waals surface area contributed by atoms with Crippen LogP contribution in [0.2, 0.25) is 0 Å². The molecule has 0 fully saturated rings. The van der Waals surface area contributed by atoms with Crippen molar-refractivity contribution in [2.75, 3.05) is 17.9 Å². The van der Waals surface area contributed by atoms with Gasteiger partial charge in [-0.05, 0) is 31.0 Å². The number of hydrogen-bond donors (Lipinski definition) is 1. The first-order valence-corrected chi connectivity index (χ1v) is 8.20. The minimum Gasteiger partial charge on any atom is -0.467 e. The zero-order chi connectivity index (χ0) is 20.9. The van der Waals surface area contributed by atoms with Crippen LogP contribution in [-0.4, -0.2) is 35.5 Å². The van der Waals surface area contributed by atoms with E-state index in [1.54, 1.807) is 0 Å². The van der Waals surface area contributed by atoms with Crippen LogP contribution in [0, 0.1) is 12.7 Å². The molecule has 0 spiro atoms. The van der Waals surface area contributed by atoms with Gasteiger partial charge >= 0.3 is 12.4 Å². The second kappa shape index (κ2) is 8.71. The van der Waals surface area contributed by atoms with Gasteiger partial charge in [0.25, 0.3) is 0 Å². The van der Waals surface area contributed by atoms with Gasteiger partial charge in [-0.15, -0.1) is 0 Å². The molecule has 0 unspecified atom stereocenters. The van der Waals surface area contributed by atoms with E-state index in [0.717, 1.165) is 0 Å². The standard InChI is InChI=1S/C15H12F7N3O2S/c1-8-9(16)3-2-4-10(8)25-28-11-12(26-5-14(17,18)19)23-7-24-13(11)27-6-15(20,21)22/h2-4,7,25H,5-6H2,1H3. The van der Waals surface area contributed by atoms with Crippen LogP contribution in [-0.2, 0) is 0 Å². The number of nitrogens with zero attached hydrogens (tertiary/aromatic N) is 2. The van der Waals surface area contributed by atoms with Crippen LogP contribution in [0.4, 0.5) is 36.4 Å². The molecule has 0 bridgehead atoms. The van der Waals surface area contributed by atoms with E-state index in [1.165, 1.54) is 25.1 Å². The Morgan fingerprint density at radius 1 is 0.964 bits per heavy atom. The lowest BCUT2D eigenvalue weighted by Gasteiger charge is -2.16. The fraction of sp³-hybridized carbons (Fsp3) is 0.333. The molecule has 0 saturated heterocycles. The predicted octanol–water partition coefficient (Wildman–Crippen LogP) is 4.93. The number of aromatic nitrogens is 2. The van der Waals surface area contributed by atoms with E-state index in [4.69, 9.17) is 0 Å². The minimum atomic E-state index is -4.70. The van der Waals surface area contributed by atoms with Crippen LogP contribution in [0.15, 0.2) is 29.4 Å². The molecule has 1 N–H and O–H groups in total. The van der Waals surface area contributed by atoms with Gasteiger partial charge in [0.05, 0.1) is 5.69 Å². The summed E-state index contributed by atoms with van der Waals surface area (Å²) in [6, 6.07) is 4.02. The number of nitrogens with one attached hydrogen (secondary N) is 1. The van der Waals surface area contributed by atoms with Crippen molar-refractivity contribution in [2.45, 2.75) is 24.2 Å². The van der Waals surface area contributed by atoms with Gasteiger partial charge in [0.2, 0.25) is 11.8 Å². The van der Waals surface area contributed by atoms with Crippen LogP contribution < -0.4 is 14.2 Å². The molecule has 2 rings (SSSR count). The summed E-state index contributed by atoms with van der Waals surface area (Å²) in [6.07, 6.45) is -8.70. The van der Waals surface area contributed by atoms with Crippen LogP contribution in [0.25, 0.3) is 0 Å². The lowest BCUT2D eigenvalue weighted by Crippen LogP contribution is -2.21. The predicted molar refractivity (Wildman–Crippen MR) is 85.7 cm³/mol. The van der Waals surface area contributed by atoms with Crippen molar-refractivity contribution in [3.8, 4) is 11.8 Å². The topological polar surface area (TPSA) is 56.3 Å². The Morgan fingerprint density at radius 2 is 1.50 bits per heavy atom. The Morgan fingerprint density at radius 3 is 2.00 bits per heavy atom. The van der Waals surface area contributed by atoms with Crippen molar-refractivity contribution in [1.82, 2.24) is 9.97 Å². The summed E-state index contributed by atoms with van der Waals surface area (Å²) in [5.41, 5.74) is 0.416. The van der Waals surface area contributed by atoms with Gasteiger partial charge in [0.1, 0.15) is 12.1 Å². The Bertz CT molecular complexity index is 779. The van der Waals surface area contributed by atoms with Gasteiger partial charge in [-0.3, -0.25) is 0 Å². The van der Waals surface area contributed by atoms with Gasteiger partial charge in [-0.2, -0.15) is 26.3 Å². The molecule has 1 aromatic heterocycles. The summed E-state index contributed by atoms with van der Waals surface area (Å²) in [7, 11) is 0. The summed E-state index contributed by atoms with van der Waals surface area (Å²) in [6.45, 7) is -2.02. The molecular formula is C15H12F7N3O2S. The largest absolute Gasteiger partial charge is 0.467 e. The average molecular weight is 431 g/mol. The molecule has 0 radical (unpaired) electrons. The molecule has 0 atom stereocenters. The zero-order valence-corrected chi connectivity index (χ0v) is 14.8. The van der Waals surface area contributed by atoms with Crippen LogP contribution in [0.5, 0.6) is 11.8 Å². The molecule has 154 valence electrons. The number of hydrogen-bond acceptors (Lipinski definition) is 6. The van der Waals surface area contributed by atoms with Gasteiger partial charge < -0.3 is 14.2 Å². The molecule has 5 nitrogen and oxygen atoms in total. The van der Waals surface area contributed by atoms with Gasteiger partial charge in [0, 0.05) is 5.56 Å². The zero-order valence-electron chi connectivity index (χ0n) is 14.0. The first kappa shape index (κ1) is 21.9. The number of benzene rings is 1. The van der Waals surface area contributed by atoms with Crippen LogP contribution >= 0.6 is 11.9 Å². The first-order valence-electron chi connectivity index (χ1n) is 7.38. The normalized spacial score (nSPS) is 12.0. The molecule has 0 aliphatic heterocycles. The SMILES string of the molecule is Cc1c(F)cccc1NSc1c(OCC(F)(F)F)ncnc1OCC(F)(F)F. The summed E-state index contributed by atoms with van der Waals surface area (Å²) < 4.78 is 99.8. The second-order valence-electron chi connectivity index (χ2n) is 5.24. The van der Waals surface area contributed by atoms with Crippen molar-refractivity contribution in [1.29, 1.82) is 0 Å². The van der Waals surface area contributed by atoms with E-state index in [9.17, 15) is 30.7 Å². The maximum Gasteiger partial charge on any atom is 0.422 e. The van der Waals surface area contributed by atoms with Gasteiger partial charge in [0.15, 0.2) is 18.1 Å². The highest BCUT2D eigenvalue weighted by atomic mass is 32.2. The molecule has 0 amide bonds. The highest BCUT2D eigenvalue weighted by Gasteiger charge is 2.32. The lowest BCUT2D eigenvalue weighted by atomic mass is 10.2. The van der Waals surface area contributed by atoms with Crippen molar-refractivity contribution in [3.63, 3.8) is 0 Å². The number of ether oxygens (including phenoxy) is 2. The molecule has 0 aliphatic rings. The number of anilines is 1. The summed E-state index contributed by atoms with van der Waals surface area (Å²) >= 11 is 0.524. The third kappa shape index (κ3) is 6.62. The Kier molecular flexibility index (Phi) is 6.80. The summed E-state index contributed by atoms with van der Waals surface area (Å²) in [5, 5.41) is 0. The molecule has 13 heteroatoms. The fourth-order valence-electron chi connectivity index (χ4n) is 1.76. The average Bonchev–Trinajstić information content (AvgIpc) is 2.58. The highest BCUT2D eigenvalue weighted by Crippen LogP contribution is 2.37. The Balaban J connectivity index is 2.28.